The van der Waals surface area contributed by atoms with Gasteiger partial charge in [0.15, 0.2) is 0 Å². The molecule has 2 heterocycles. The number of amides is 1. The molecule has 20 heavy (non-hydrogen) atoms. The summed E-state index contributed by atoms with van der Waals surface area (Å²) in [6.07, 6.45) is 1.65. The van der Waals surface area contributed by atoms with Gasteiger partial charge in [-0.2, -0.15) is 0 Å². The van der Waals surface area contributed by atoms with Gasteiger partial charge in [-0.05, 0) is 47.1 Å². The molecule has 0 radical (unpaired) electrons. The minimum atomic E-state index is -0.161. The third kappa shape index (κ3) is 2.44. The molecule has 1 aromatic carbocycles. The molecule has 0 aliphatic heterocycles. The van der Waals surface area contributed by atoms with Gasteiger partial charge in [0, 0.05) is 15.6 Å². The molecule has 100 valence electrons. The van der Waals surface area contributed by atoms with E-state index >= 15 is 0 Å². The standard InChI is InChI=1S/C15H12BrN3O/c1-9-6-10-7-11(8-17-14(10)18-9)19-15(20)12-4-2-3-5-13(12)16/h2-8H,1H3,(H,17,18)(H,19,20). The van der Waals surface area contributed by atoms with Crippen LogP contribution in [0.5, 0.6) is 0 Å². The molecule has 3 rings (SSSR count). The van der Waals surface area contributed by atoms with Crippen LogP contribution in [-0.2, 0) is 0 Å². The van der Waals surface area contributed by atoms with Crippen LogP contribution in [0.25, 0.3) is 11.0 Å². The summed E-state index contributed by atoms with van der Waals surface area (Å²) in [4.78, 5) is 19.6. The molecule has 0 aliphatic rings. The number of hydrogen-bond acceptors (Lipinski definition) is 2. The maximum atomic E-state index is 12.2. The molecular weight excluding hydrogens is 318 g/mol. The second-order valence-corrected chi connectivity index (χ2v) is 5.40. The van der Waals surface area contributed by atoms with Gasteiger partial charge < -0.3 is 10.3 Å². The number of nitrogens with one attached hydrogen (secondary N) is 2. The first-order valence-corrected chi connectivity index (χ1v) is 6.94. The number of anilines is 1. The van der Waals surface area contributed by atoms with Crippen LogP contribution in [0.1, 0.15) is 16.1 Å². The summed E-state index contributed by atoms with van der Waals surface area (Å²) in [5, 5.41) is 3.83. The molecule has 2 aromatic heterocycles. The van der Waals surface area contributed by atoms with Crippen molar-refractivity contribution in [3.63, 3.8) is 0 Å². The molecule has 4 nitrogen and oxygen atoms in total. The quantitative estimate of drug-likeness (QED) is 0.749. The van der Waals surface area contributed by atoms with Crippen molar-refractivity contribution >= 4 is 38.6 Å². The van der Waals surface area contributed by atoms with E-state index in [2.05, 4.69) is 31.2 Å². The fourth-order valence-corrected chi connectivity index (χ4v) is 2.53. The minimum Gasteiger partial charge on any atom is -0.344 e. The molecule has 0 aliphatic carbocycles. The lowest BCUT2D eigenvalue weighted by atomic mass is 10.2. The SMILES string of the molecule is Cc1cc2cc(NC(=O)c3ccccc3Br)cnc2[nH]1. The number of halogens is 1. The molecule has 0 spiro atoms. The number of aryl methyl sites for hydroxylation is 1. The highest BCUT2D eigenvalue weighted by atomic mass is 79.9. The number of hydrogen-bond donors (Lipinski definition) is 2. The van der Waals surface area contributed by atoms with Gasteiger partial charge in [0.2, 0.25) is 0 Å². The van der Waals surface area contributed by atoms with Crippen LogP contribution >= 0.6 is 15.9 Å². The molecule has 0 unspecified atom stereocenters. The Morgan fingerprint density at radius 3 is 2.90 bits per heavy atom. The highest BCUT2D eigenvalue weighted by Gasteiger charge is 2.10. The van der Waals surface area contributed by atoms with Gasteiger partial charge >= 0.3 is 0 Å². The van der Waals surface area contributed by atoms with E-state index in [1.165, 1.54) is 0 Å². The maximum absolute atomic E-state index is 12.2. The Morgan fingerprint density at radius 1 is 1.30 bits per heavy atom. The molecule has 0 fully saturated rings. The summed E-state index contributed by atoms with van der Waals surface area (Å²) in [7, 11) is 0. The van der Waals surface area contributed by atoms with Gasteiger partial charge in [-0.3, -0.25) is 4.79 Å². The molecular formula is C15H12BrN3O. The summed E-state index contributed by atoms with van der Waals surface area (Å²) in [5.41, 5.74) is 3.14. The third-order valence-corrected chi connectivity index (χ3v) is 3.67. The summed E-state index contributed by atoms with van der Waals surface area (Å²) in [6, 6.07) is 11.2. The third-order valence-electron chi connectivity index (χ3n) is 2.98. The minimum absolute atomic E-state index is 0.161. The Hall–Kier alpha value is -2.14. The van der Waals surface area contributed by atoms with Crippen LogP contribution in [-0.4, -0.2) is 15.9 Å². The average molecular weight is 330 g/mol. The second kappa shape index (κ2) is 5.09. The van der Waals surface area contributed by atoms with E-state index in [9.17, 15) is 4.79 Å². The van der Waals surface area contributed by atoms with Crippen molar-refractivity contribution in [2.24, 2.45) is 0 Å². The molecule has 0 saturated heterocycles. The predicted octanol–water partition coefficient (Wildman–Crippen LogP) is 3.89. The Balaban J connectivity index is 1.89. The second-order valence-electron chi connectivity index (χ2n) is 4.55. The smallest absolute Gasteiger partial charge is 0.256 e. The number of carbonyl (C=O) groups is 1. The zero-order valence-corrected chi connectivity index (χ0v) is 12.4. The van der Waals surface area contributed by atoms with Gasteiger partial charge in [0.1, 0.15) is 5.65 Å². The van der Waals surface area contributed by atoms with Crippen molar-refractivity contribution in [1.29, 1.82) is 0 Å². The Morgan fingerprint density at radius 2 is 2.10 bits per heavy atom. The Kier molecular flexibility index (Phi) is 3.28. The predicted molar refractivity (Wildman–Crippen MR) is 82.9 cm³/mol. The van der Waals surface area contributed by atoms with Gasteiger partial charge in [-0.25, -0.2) is 4.98 Å². The topological polar surface area (TPSA) is 57.8 Å². The van der Waals surface area contributed by atoms with Crippen LogP contribution in [0.3, 0.4) is 0 Å². The number of aromatic nitrogens is 2. The lowest BCUT2D eigenvalue weighted by molar-refractivity contribution is 0.102. The molecule has 0 atom stereocenters. The van der Waals surface area contributed by atoms with E-state index in [1.54, 1.807) is 12.3 Å². The average Bonchev–Trinajstić information content (AvgIpc) is 2.78. The molecule has 1 amide bonds. The highest BCUT2D eigenvalue weighted by Crippen LogP contribution is 2.20. The van der Waals surface area contributed by atoms with E-state index in [-0.39, 0.29) is 5.91 Å². The summed E-state index contributed by atoms with van der Waals surface area (Å²) < 4.78 is 0.768. The number of pyridine rings is 1. The van der Waals surface area contributed by atoms with Crippen molar-refractivity contribution < 1.29 is 4.79 Å². The van der Waals surface area contributed by atoms with Gasteiger partial charge in [-0.15, -0.1) is 0 Å². The number of carbonyl (C=O) groups excluding carboxylic acids is 1. The number of rotatable bonds is 2. The highest BCUT2D eigenvalue weighted by molar-refractivity contribution is 9.10. The summed E-state index contributed by atoms with van der Waals surface area (Å²) in [6.45, 7) is 1.97. The first-order chi connectivity index (χ1) is 9.63. The van der Waals surface area contributed by atoms with Crippen molar-refractivity contribution in [2.45, 2.75) is 6.92 Å². The van der Waals surface area contributed by atoms with Crippen molar-refractivity contribution in [1.82, 2.24) is 9.97 Å². The Bertz CT molecular complexity index is 795. The van der Waals surface area contributed by atoms with Crippen LogP contribution in [0.2, 0.25) is 0 Å². The van der Waals surface area contributed by atoms with Crippen molar-refractivity contribution in [2.75, 3.05) is 5.32 Å². The van der Waals surface area contributed by atoms with Crippen LogP contribution in [0.4, 0.5) is 5.69 Å². The van der Waals surface area contributed by atoms with Crippen molar-refractivity contribution in [3.8, 4) is 0 Å². The molecule has 0 saturated carbocycles. The number of fused-ring (bicyclic) bond motifs is 1. The van der Waals surface area contributed by atoms with E-state index in [0.29, 0.717) is 11.3 Å². The van der Waals surface area contributed by atoms with Gasteiger partial charge in [0.25, 0.3) is 5.91 Å². The normalized spacial score (nSPS) is 10.7. The fraction of sp³-hybridized carbons (Fsp3) is 0.0667. The first-order valence-electron chi connectivity index (χ1n) is 6.15. The molecule has 0 bridgehead atoms. The van der Waals surface area contributed by atoms with E-state index in [4.69, 9.17) is 0 Å². The lowest BCUT2D eigenvalue weighted by Gasteiger charge is -2.06. The monoisotopic (exact) mass is 329 g/mol. The number of H-pyrrole nitrogens is 1. The zero-order chi connectivity index (χ0) is 14.1. The van der Waals surface area contributed by atoms with Crippen LogP contribution < -0.4 is 5.32 Å². The van der Waals surface area contributed by atoms with Crippen LogP contribution in [0.15, 0.2) is 47.1 Å². The Labute approximate surface area is 124 Å². The zero-order valence-electron chi connectivity index (χ0n) is 10.8. The molecule has 5 heteroatoms. The fourth-order valence-electron chi connectivity index (χ4n) is 2.06. The summed E-state index contributed by atoms with van der Waals surface area (Å²) in [5.74, 6) is -0.161. The van der Waals surface area contributed by atoms with E-state index < -0.39 is 0 Å². The molecule has 3 aromatic rings. The van der Waals surface area contributed by atoms with Crippen LogP contribution in [0, 0.1) is 6.92 Å². The first kappa shape index (κ1) is 12.9. The van der Waals surface area contributed by atoms with Crippen molar-refractivity contribution in [3.05, 3.63) is 58.3 Å². The molecule has 2 N–H and O–H groups in total. The van der Waals surface area contributed by atoms with E-state index in [0.717, 1.165) is 21.2 Å². The number of benzene rings is 1. The van der Waals surface area contributed by atoms with Gasteiger partial charge in [0.05, 0.1) is 17.4 Å². The van der Waals surface area contributed by atoms with Gasteiger partial charge in [-0.1, -0.05) is 12.1 Å². The maximum Gasteiger partial charge on any atom is 0.256 e. The van der Waals surface area contributed by atoms with E-state index in [1.807, 2.05) is 37.3 Å². The summed E-state index contributed by atoms with van der Waals surface area (Å²) >= 11 is 3.37. The number of nitrogens with zero attached hydrogens (tertiary/aromatic N) is 1. The number of aromatic amines is 1. The largest absolute Gasteiger partial charge is 0.344 e. The lowest BCUT2D eigenvalue weighted by Crippen LogP contribution is -2.12.